The summed E-state index contributed by atoms with van der Waals surface area (Å²) in [4.78, 5) is 44.9. The second kappa shape index (κ2) is 13.5. The lowest BCUT2D eigenvalue weighted by Crippen LogP contribution is -2.29. The van der Waals surface area contributed by atoms with Crippen LogP contribution in [0.2, 0.25) is 0 Å². The van der Waals surface area contributed by atoms with E-state index in [1.165, 1.54) is 0 Å². The van der Waals surface area contributed by atoms with Crippen LogP contribution in [-0.2, 0) is 28.7 Å². The fraction of sp³-hybridized carbons (Fsp3) is 0.619. The summed E-state index contributed by atoms with van der Waals surface area (Å²) < 4.78 is 10.5. The lowest BCUT2D eigenvalue weighted by Gasteiger charge is -2.23. The Morgan fingerprint density at radius 3 is 1.41 bits per heavy atom. The lowest BCUT2D eigenvalue weighted by atomic mass is 9.96. The monoisotopic (exact) mass is 412 g/mol. The van der Waals surface area contributed by atoms with E-state index in [4.69, 9.17) is 19.7 Å². The van der Waals surface area contributed by atoms with Crippen LogP contribution in [0.1, 0.15) is 66.2 Å². The van der Waals surface area contributed by atoms with Gasteiger partial charge in [0.2, 0.25) is 0 Å². The molecule has 0 atom stereocenters. The van der Waals surface area contributed by atoms with Crippen LogP contribution in [0, 0.1) is 5.41 Å². The maximum Gasteiger partial charge on any atom is 0.333 e. The summed E-state index contributed by atoms with van der Waals surface area (Å²) in [7, 11) is 0. The van der Waals surface area contributed by atoms with Crippen molar-refractivity contribution >= 4 is 23.9 Å². The van der Waals surface area contributed by atoms with E-state index in [2.05, 4.69) is 0 Å². The van der Waals surface area contributed by atoms with Crippen LogP contribution in [0.15, 0.2) is 23.3 Å². The summed E-state index contributed by atoms with van der Waals surface area (Å²) in [6.45, 7) is 6.92. The van der Waals surface area contributed by atoms with E-state index in [1.54, 1.807) is 39.8 Å². The summed E-state index contributed by atoms with van der Waals surface area (Å²) in [5, 5.41) is 17.2. The number of carboxylic acid groups (broad SMARTS) is 2. The van der Waals surface area contributed by atoms with Crippen molar-refractivity contribution in [1.82, 2.24) is 0 Å². The number of aliphatic carboxylic acids is 2. The van der Waals surface area contributed by atoms with Crippen molar-refractivity contribution in [3.05, 3.63) is 23.3 Å². The van der Waals surface area contributed by atoms with Gasteiger partial charge in [-0.2, -0.15) is 0 Å². The van der Waals surface area contributed by atoms with E-state index >= 15 is 0 Å². The number of carbonyl (C=O) groups is 4. The number of allylic oxidation sites excluding steroid dienone is 2. The zero-order chi connectivity index (χ0) is 22.4. The Hall–Kier alpha value is -2.64. The summed E-state index contributed by atoms with van der Waals surface area (Å²) in [5.41, 5.74) is 0.227. The van der Waals surface area contributed by atoms with Gasteiger partial charge in [-0.25, -0.2) is 9.59 Å². The number of rotatable bonds is 14. The number of esters is 2. The predicted octanol–water partition coefficient (Wildman–Crippen LogP) is 3.50. The minimum Gasteiger partial charge on any atom is -0.481 e. The van der Waals surface area contributed by atoms with Crippen molar-refractivity contribution in [2.24, 2.45) is 5.41 Å². The normalized spacial score (nSPS) is 12.4. The van der Waals surface area contributed by atoms with Crippen molar-refractivity contribution in [3.63, 3.8) is 0 Å². The van der Waals surface area contributed by atoms with Crippen LogP contribution in [0.25, 0.3) is 0 Å². The maximum atomic E-state index is 12.0. The third kappa shape index (κ3) is 14.1. The third-order valence-corrected chi connectivity index (χ3v) is 3.92. The highest BCUT2D eigenvalue weighted by Gasteiger charge is 2.23. The molecule has 0 aliphatic carbocycles. The van der Waals surface area contributed by atoms with Crippen LogP contribution in [0.4, 0.5) is 0 Å². The van der Waals surface area contributed by atoms with Crippen LogP contribution in [-0.4, -0.2) is 47.3 Å². The van der Waals surface area contributed by atoms with Gasteiger partial charge in [-0.3, -0.25) is 9.59 Å². The average Bonchev–Trinajstić information content (AvgIpc) is 2.64. The molecule has 0 heterocycles. The number of hydrogen-bond acceptors (Lipinski definition) is 6. The Morgan fingerprint density at radius 1 is 0.759 bits per heavy atom. The van der Waals surface area contributed by atoms with Crippen LogP contribution < -0.4 is 0 Å². The molecule has 0 bridgehead atoms. The van der Waals surface area contributed by atoms with Crippen molar-refractivity contribution in [2.45, 2.75) is 66.2 Å². The molecule has 0 aromatic heterocycles. The van der Waals surface area contributed by atoms with Gasteiger partial charge in [-0.1, -0.05) is 26.0 Å². The molecule has 0 spiro atoms. The van der Waals surface area contributed by atoms with E-state index in [9.17, 15) is 19.2 Å². The highest BCUT2D eigenvalue weighted by molar-refractivity contribution is 5.88. The molecule has 0 aromatic carbocycles. The first-order chi connectivity index (χ1) is 13.4. The molecule has 29 heavy (non-hydrogen) atoms. The molecule has 0 aliphatic rings. The summed E-state index contributed by atoms with van der Waals surface area (Å²) in [6.07, 6.45) is 5.25. The zero-order valence-corrected chi connectivity index (χ0v) is 17.7. The highest BCUT2D eigenvalue weighted by atomic mass is 16.5. The molecular weight excluding hydrogens is 380 g/mol. The standard InChI is InChI=1S/C21H32O8/c1-15(9-5-7-11-17(22)23)19(26)28-13-21(3,4)14-29-20(27)16(2)10-6-8-12-18(24)25/h9-10H,5-8,11-14H2,1-4H3,(H,22,23)(H,24,25). The lowest BCUT2D eigenvalue weighted by molar-refractivity contribution is -0.148. The molecule has 164 valence electrons. The van der Waals surface area contributed by atoms with Gasteiger partial charge in [0.1, 0.15) is 0 Å². The largest absolute Gasteiger partial charge is 0.481 e. The van der Waals surface area contributed by atoms with Gasteiger partial charge in [0.15, 0.2) is 0 Å². The maximum absolute atomic E-state index is 12.0. The highest BCUT2D eigenvalue weighted by Crippen LogP contribution is 2.18. The quantitative estimate of drug-likeness (QED) is 0.252. The summed E-state index contributed by atoms with van der Waals surface area (Å²) in [6, 6.07) is 0. The van der Waals surface area contributed by atoms with Gasteiger partial charge in [0, 0.05) is 29.4 Å². The Kier molecular flexibility index (Phi) is 12.3. The van der Waals surface area contributed by atoms with E-state index in [0.29, 0.717) is 36.8 Å². The first kappa shape index (κ1) is 26.4. The number of carbonyl (C=O) groups excluding carboxylic acids is 2. The molecule has 0 aliphatic heterocycles. The third-order valence-electron chi connectivity index (χ3n) is 3.92. The number of ether oxygens (including phenoxy) is 2. The van der Waals surface area contributed by atoms with E-state index in [-0.39, 0.29) is 26.1 Å². The smallest absolute Gasteiger partial charge is 0.333 e. The Balaban J connectivity index is 4.33. The summed E-state index contributed by atoms with van der Waals surface area (Å²) >= 11 is 0. The van der Waals surface area contributed by atoms with Gasteiger partial charge in [0.25, 0.3) is 0 Å². The zero-order valence-electron chi connectivity index (χ0n) is 17.7. The SMILES string of the molecule is CC(=CCCCC(=O)O)C(=O)OCC(C)(C)COC(=O)C(C)=CCCCC(=O)O. The minimum absolute atomic E-state index is 0.0463. The van der Waals surface area contributed by atoms with Crippen molar-refractivity contribution < 1.29 is 38.9 Å². The van der Waals surface area contributed by atoms with Crippen molar-refractivity contribution in [1.29, 1.82) is 0 Å². The molecular formula is C21H32O8. The van der Waals surface area contributed by atoms with E-state index < -0.39 is 29.3 Å². The van der Waals surface area contributed by atoms with Crippen LogP contribution in [0.3, 0.4) is 0 Å². The van der Waals surface area contributed by atoms with Crippen molar-refractivity contribution in [2.75, 3.05) is 13.2 Å². The molecule has 8 heteroatoms. The van der Waals surface area contributed by atoms with Gasteiger partial charge >= 0.3 is 23.9 Å². The number of carboxylic acids is 2. The van der Waals surface area contributed by atoms with Crippen LogP contribution >= 0.6 is 0 Å². The second-order valence-electron chi connectivity index (χ2n) is 7.66. The fourth-order valence-corrected chi connectivity index (χ4v) is 2.10. The molecule has 0 fully saturated rings. The average molecular weight is 412 g/mol. The molecule has 0 saturated heterocycles. The molecule has 0 rings (SSSR count). The van der Waals surface area contributed by atoms with Gasteiger partial charge in [-0.15, -0.1) is 0 Å². The van der Waals surface area contributed by atoms with Crippen molar-refractivity contribution in [3.8, 4) is 0 Å². The first-order valence-electron chi connectivity index (χ1n) is 9.56. The fourth-order valence-electron chi connectivity index (χ4n) is 2.10. The molecule has 0 unspecified atom stereocenters. The molecule has 0 aromatic rings. The molecule has 0 amide bonds. The minimum atomic E-state index is -0.875. The van der Waals surface area contributed by atoms with E-state index in [1.807, 2.05) is 0 Å². The Morgan fingerprint density at radius 2 is 1.10 bits per heavy atom. The first-order valence-corrected chi connectivity index (χ1v) is 9.56. The van der Waals surface area contributed by atoms with Gasteiger partial charge in [0.05, 0.1) is 13.2 Å². The molecule has 8 nitrogen and oxygen atoms in total. The molecule has 0 saturated carbocycles. The topological polar surface area (TPSA) is 127 Å². The number of hydrogen-bond donors (Lipinski definition) is 2. The molecule has 0 radical (unpaired) electrons. The van der Waals surface area contributed by atoms with E-state index in [0.717, 1.165) is 0 Å². The van der Waals surface area contributed by atoms with Gasteiger partial charge in [-0.05, 0) is 39.5 Å². The van der Waals surface area contributed by atoms with Gasteiger partial charge < -0.3 is 19.7 Å². The Bertz CT molecular complexity index is 589. The molecule has 2 N–H and O–H groups in total. The number of unbranched alkanes of at least 4 members (excludes halogenated alkanes) is 2. The summed E-state index contributed by atoms with van der Waals surface area (Å²) in [5.74, 6) is -2.73. The van der Waals surface area contributed by atoms with Crippen LogP contribution in [0.5, 0.6) is 0 Å². The second-order valence-corrected chi connectivity index (χ2v) is 7.66. The Labute approximate surface area is 171 Å². The predicted molar refractivity (Wildman–Crippen MR) is 106 cm³/mol.